The van der Waals surface area contributed by atoms with Gasteiger partial charge in [0, 0.05) is 17.5 Å². The van der Waals surface area contributed by atoms with E-state index in [-0.39, 0.29) is 0 Å². The summed E-state index contributed by atoms with van der Waals surface area (Å²) in [4.78, 5) is 4.51. The van der Waals surface area contributed by atoms with Gasteiger partial charge >= 0.3 is 0 Å². The Labute approximate surface area is 97.1 Å². The zero-order valence-electron chi connectivity index (χ0n) is 10.4. The average Bonchev–Trinajstić information content (AvgIpc) is 2.60. The lowest BCUT2D eigenvalue weighted by molar-refractivity contribution is 0.353. The Hall–Kier alpha value is -0.410. The van der Waals surface area contributed by atoms with Crippen LogP contribution in [0.1, 0.15) is 50.9 Å². The molecule has 0 fully saturated rings. The molecule has 1 rings (SSSR count). The fourth-order valence-corrected chi connectivity index (χ4v) is 2.47. The Balaban J connectivity index is 2.58. The first-order valence-electron chi connectivity index (χ1n) is 5.72. The maximum atomic E-state index is 4.51. The van der Waals surface area contributed by atoms with Crippen LogP contribution in [0.3, 0.4) is 0 Å². The van der Waals surface area contributed by atoms with E-state index in [1.807, 2.05) is 0 Å². The summed E-state index contributed by atoms with van der Waals surface area (Å²) in [5, 5.41) is 6.94. The predicted molar refractivity (Wildman–Crippen MR) is 67.3 cm³/mol. The second-order valence-electron chi connectivity index (χ2n) is 4.44. The third kappa shape index (κ3) is 3.58. The van der Waals surface area contributed by atoms with Crippen molar-refractivity contribution in [1.29, 1.82) is 0 Å². The van der Waals surface area contributed by atoms with Crippen molar-refractivity contribution < 1.29 is 0 Å². The van der Waals surface area contributed by atoms with Gasteiger partial charge in [0.2, 0.25) is 0 Å². The first kappa shape index (κ1) is 12.7. The second kappa shape index (κ2) is 5.61. The van der Waals surface area contributed by atoms with Gasteiger partial charge < -0.3 is 5.32 Å². The number of hydrogen-bond donors (Lipinski definition) is 1. The summed E-state index contributed by atoms with van der Waals surface area (Å²) in [6.45, 7) is 11.0. The van der Waals surface area contributed by atoms with E-state index in [9.17, 15) is 0 Å². The average molecular weight is 226 g/mol. The summed E-state index contributed by atoms with van der Waals surface area (Å²) in [6.07, 6.45) is 1.17. The summed E-state index contributed by atoms with van der Waals surface area (Å²) in [5.74, 6) is 0.678. The van der Waals surface area contributed by atoms with Crippen molar-refractivity contribution in [1.82, 2.24) is 10.3 Å². The van der Waals surface area contributed by atoms with Crippen LogP contribution in [0.15, 0.2) is 5.38 Å². The normalized spacial score (nSPS) is 15.6. The van der Waals surface area contributed by atoms with Gasteiger partial charge in [0.25, 0.3) is 0 Å². The van der Waals surface area contributed by atoms with Crippen LogP contribution in [-0.2, 0) is 0 Å². The summed E-state index contributed by atoms with van der Waals surface area (Å²) >= 11 is 1.72. The third-order valence-corrected chi connectivity index (χ3v) is 3.58. The van der Waals surface area contributed by atoms with Gasteiger partial charge in [0.1, 0.15) is 0 Å². The summed E-state index contributed by atoms with van der Waals surface area (Å²) in [7, 11) is 0. The fourth-order valence-electron chi connectivity index (χ4n) is 1.77. The molecule has 2 nitrogen and oxygen atoms in total. The number of nitrogens with one attached hydrogen (secondary N) is 1. The molecule has 3 heteroatoms. The number of rotatable bonds is 5. The van der Waals surface area contributed by atoms with E-state index in [0.717, 1.165) is 5.01 Å². The number of aromatic nitrogens is 1. The number of thiazole rings is 1. The number of hydrogen-bond acceptors (Lipinski definition) is 3. The van der Waals surface area contributed by atoms with Gasteiger partial charge in [-0.25, -0.2) is 4.98 Å². The second-order valence-corrected chi connectivity index (χ2v) is 5.50. The molecule has 1 heterocycles. The van der Waals surface area contributed by atoms with Gasteiger partial charge in [-0.15, -0.1) is 11.3 Å². The lowest BCUT2D eigenvalue weighted by Crippen LogP contribution is -2.35. The molecule has 0 aliphatic heterocycles. The first-order valence-corrected chi connectivity index (χ1v) is 6.60. The molecular formula is C12H22N2S. The topological polar surface area (TPSA) is 24.9 Å². The minimum absolute atomic E-state index is 0.363. The fraction of sp³-hybridized carbons (Fsp3) is 0.750. The molecule has 0 bridgehead atoms. The standard InChI is InChI=1S/C12H22N2S/c1-6-11(8(2)3)13-9(4)12-7-15-10(5)14-12/h7-9,11,13H,6H2,1-5H3. The van der Waals surface area contributed by atoms with E-state index in [1.54, 1.807) is 11.3 Å². The summed E-state index contributed by atoms with van der Waals surface area (Å²) in [6, 6.07) is 0.948. The molecule has 0 saturated carbocycles. The van der Waals surface area contributed by atoms with Crippen molar-refractivity contribution in [2.75, 3.05) is 0 Å². The van der Waals surface area contributed by atoms with Crippen molar-refractivity contribution in [2.45, 2.75) is 53.1 Å². The number of nitrogens with zero attached hydrogens (tertiary/aromatic N) is 1. The summed E-state index contributed by atoms with van der Waals surface area (Å²) < 4.78 is 0. The highest BCUT2D eigenvalue weighted by molar-refractivity contribution is 7.09. The molecule has 0 aliphatic carbocycles. The minimum atomic E-state index is 0.363. The molecule has 1 N–H and O–H groups in total. The SMILES string of the molecule is CCC(NC(C)c1csc(C)n1)C(C)C. The lowest BCUT2D eigenvalue weighted by atomic mass is 10.0. The van der Waals surface area contributed by atoms with Crippen LogP contribution in [0.5, 0.6) is 0 Å². The van der Waals surface area contributed by atoms with E-state index in [1.165, 1.54) is 12.1 Å². The molecule has 1 aromatic rings. The molecule has 86 valence electrons. The van der Waals surface area contributed by atoms with Gasteiger partial charge in [-0.3, -0.25) is 0 Å². The van der Waals surface area contributed by atoms with E-state index in [0.29, 0.717) is 18.0 Å². The zero-order chi connectivity index (χ0) is 11.4. The van der Waals surface area contributed by atoms with Gasteiger partial charge in [-0.2, -0.15) is 0 Å². The Morgan fingerprint density at radius 3 is 2.47 bits per heavy atom. The Morgan fingerprint density at radius 1 is 1.40 bits per heavy atom. The van der Waals surface area contributed by atoms with Crippen LogP contribution in [0, 0.1) is 12.8 Å². The van der Waals surface area contributed by atoms with E-state index in [2.05, 4.69) is 50.3 Å². The Kier molecular flexibility index (Phi) is 4.74. The highest BCUT2D eigenvalue weighted by atomic mass is 32.1. The third-order valence-electron chi connectivity index (χ3n) is 2.79. The Bertz CT molecular complexity index is 294. The van der Waals surface area contributed by atoms with Crippen molar-refractivity contribution in [3.8, 4) is 0 Å². The van der Waals surface area contributed by atoms with E-state index >= 15 is 0 Å². The van der Waals surface area contributed by atoms with Gasteiger partial charge in [-0.1, -0.05) is 20.8 Å². The molecule has 2 atom stereocenters. The van der Waals surface area contributed by atoms with E-state index < -0.39 is 0 Å². The van der Waals surface area contributed by atoms with E-state index in [4.69, 9.17) is 0 Å². The first-order chi connectivity index (χ1) is 7.04. The summed E-state index contributed by atoms with van der Waals surface area (Å²) in [5.41, 5.74) is 1.18. The van der Waals surface area contributed by atoms with Crippen molar-refractivity contribution in [3.05, 3.63) is 16.1 Å². The largest absolute Gasteiger partial charge is 0.306 e. The Morgan fingerprint density at radius 2 is 2.07 bits per heavy atom. The van der Waals surface area contributed by atoms with Crippen molar-refractivity contribution in [2.24, 2.45) is 5.92 Å². The molecule has 15 heavy (non-hydrogen) atoms. The molecule has 0 amide bonds. The van der Waals surface area contributed by atoms with Crippen LogP contribution < -0.4 is 5.32 Å². The van der Waals surface area contributed by atoms with Gasteiger partial charge in [0.05, 0.1) is 10.7 Å². The quantitative estimate of drug-likeness (QED) is 0.830. The van der Waals surface area contributed by atoms with Crippen LogP contribution in [-0.4, -0.2) is 11.0 Å². The highest BCUT2D eigenvalue weighted by Crippen LogP contribution is 2.18. The molecule has 0 spiro atoms. The van der Waals surface area contributed by atoms with Crippen molar-refractivity contribution >= 4 is 11.3 Å². The predicted octanol–water partition coefficient (Wildman–Crippen LogP) is 3.54. The zero-order valence-corrected chi connectivity index (χ0v) is 11.2. The molecular weight excluding hydrogens is 204 g/mol. The molecule has 0 aliphatic rings. The molecule has 0 saturated heterocycles. The molecule has 0 aromatic carbocycles. The van der Waals surface area contributed by atoms with Crippen LogP contribution >= 0.6 is 11.3 Å². The van der Waals surface area contributed by atoms with Crippen LogP contribution in [0.25, 0.3) is 0 Å². The maximum absolute atomic E-state index is 4.51. The van der Waals surface area contributed by atoms with Crippen LogP contribution in [0.2, 0.25) is 0 Å². The smallest absolute Gasteiger partial charge is 0.0898 e. The molecule has 2 unspecified atom stereocenters. The van der Waals surface area contributed by atoms with Crippen molar-refractivity contribution in [3.63, 3.8) is 0 Å². The molecule has 1 aromatic heterocycles. The van der Waals surface area contributed by atoms with Gasteiger partial charge in [0.15, 0.2) is 0 Å². The number of aryl methyl sites for hydroxylation is 1. The maximum Gasteiger partial charge on any atom is 0.0898 e. The lowest BCUT2D eigenvalue weighted by Gasteiger charge is -2.24. The minimum Gasteiger partial charge on any atom is -0.306 e. The highest BCUT2D eigenvalue weighted by Gasteiger charge is 2.16. The van der Waals surface area contributed by atoms with Gasteiger partial charge in [-0.05, 0) is 26.2 Å². The van der Waals surface area contributed by atoms with Crippen LogP contribution in [0.4, 0.5) is 0 Å². The monoisotopic (exact) mass is 226 g/mol. The molecule has 0 radical (unpaired) electrons.